The number of rotatable bonds is 9. The van der Waals surface area contributed by atoms with Crippen LogP contribution in [-0.2, 0) is 20.9 Å². The third-order valence-electron chi connectivity index (χ3n) is 11.2. The number of alkyl halides is 1. The molecule has 3 aliphatic heterocycles. The van der Waals surface area contributed by atoms with Gasteiger partial charge in [-0.3, -0.25) is 9.59 Å². The van der Waals surface area contributed by atoms with Crippen molar-refractivity contribution in [3.63, 3.8) is 0 Å². The van der Waals surface area contributed by atoms with Crippen LogP contribution in [0, 0.1) is 17.8 Å². The summed E-state index contributed by atoms with van der Waals surface area (Å²) in [6.07, 6.45) is 16.1. The van der Waals surface area contributed by atoms with E-state index in [1.165, 1.54) is 32.1 Å². The monoisotopic (exact) mass is 582 g/mol. The molecule has 9 unspecified atom stereocenters. The summed E-state index contributed by atoms with van der Waals surface area (Å²) in [6, 6.07) is -0.566. The topological polar surface area (TPSA) is 91.7 Å². The molecule has 5 fully saturated rings. The molecule has 7 rings (SSSR count). The van der Waals surface area contributed by atoms with E-state index in [9.17, 15) is 9.59 Å². The first-order chi connectivity index (χ1) is 20.6. The lowest BCUT2D eigenvalue weighted by atomic mass is 9.63. The van der Waals surface area contributed by atoms with E-state index in [1.54, 1.807) is 12.5 Å². The fraction of sp³-hybridized carbons (Fsp3) is 0.781. The Balaban J connectivity index is 1.13. The van der Waals surface area contributed by atoms with Gasteiger partial charge in [0, 0.05) is 44.1 Å². The summed E-state index contributed by atoms with van der Waals surface area (Å²) < 4.78 is 24.9. The molecule has 42 heavy (non-hydrogen) atoms. The minimum atomic E-state index is -1.21. The molecule has 3 saturated carbocycles. The van der Waals surface area contributed by atoms with Crippen LogP contribution in [0.3, 0.4) is 0 Å². The average Bonchev–Trinajstić information content (AvgIpc) is 3.72. The van der Waals surface area contributed by atoms with Crippen molar-refractivity contribution < 1.29 is 18.7 Å². The van der Waals surface area contributed by atoms with E-state index in [2.05, 4.69) is 25.4 Å². The zero-order valence-corrected chi connectivity index (χ0v) is 24.7. The summed E-state index contributed by atoms with van der Waals surface area (Å²) in [4.78, 5) is 36.2. The maximum Gasteiger partial charge on any atom is 0.256 e. The third-order valence-corrected chi connectivity index (χ3v) is 11.2. The number of imidazole rings is 1. The van der Waals surface area contributed by atoms with Gasteiger partial charge in [-0.05, 0) is 76.4 Å². The summed E-state index contributed by atoms with van der Waals surface area (Å²) in [5.41, 5.74) is 0.217. The summed E-state index contributed by atoms with van der Waals surface area (Å²) in [7, 11) is 0. The molecule has 0 radical (unpaired) electrons. The standard InChI is InChI=1S/C32H47FN6O3/c33-25-18-23-29-31(27(25)35-10-5-15-38-16-11-34-20-38)42-26-9-8-21-6-1-2-7-22(21)28(26)39(29)19-24(30(23)40)32(41)36-12-17-37-13-3-4-14-37/h11,16,19-23,25-29,31,35H,1-10,12-15,17-18H2,(H,36,41). The van der Waals surface area contributed by atoms with Crippen molar-refractivity contribution in [3.05, 3.63) is 30.5 Å². The van der Waals surface area contributed by atoms with Crippen LogP contribution in [0.25, 0.3) is 0 Å². The average molecular weight is 583 g/mol. The number of nitrogens with zero attached hydrogens (tertiary/aromatic N) is 4. The van der Waals surface area contributed by atoms with Crippen molar-refractivity contribution in [3.8, 4) is 0 Å². The van der Waals surface area contributed by atoms with Crippen molar-refractivity contribution in [2.45, 2.75) is 107 Å². The van der Waals surface area contributed by atoms with Crippen molar-refractivity contribution in [2.24, 2.45) is 17.8 Å². The summed E-state index contributed by atoms with van der Waals surface area (Å²) >= 11 is 0. The van der Waals surface area contributed by atoms with E-state index >= 15 is 4.39 Å². The Morgan fingerprint density at radius 3 is 2.74 bits per heavy atom. The van der Waals surface area contributed by atoms with E-state index in [1.807, 2.05) is 17.0 Å². The Morgan fingerprint density at radius 2 is 1.90 bits per heavy atom. The quantitative estimate of drug-likeness (QED) is 0.342. The molecular weight excluding hydrogens is 535 g/mol. The first kappa shape index (κ1) is 28.5. The van der Waals surface area contributed by atoms with Crippen LogP contribution in [0.1, 0.15) is 64.2 Å². The minimum Gasteiger partial charge on any atom is -0.369 e. The van der Waals surface area contributed by atoms with E-state index in [4.69, 9.17) is 4.74 Å². The van der Waals surface area contributed by atoms with E-state index in [-0.39, 0.29) is 41.9 Å². The number of hydrogen-bond donors (Lipinski definition) is 2. The predicted octanol–water partition coefficient (Wildman–Crippen LogP) is 2.67. The molecule has 0 bridgehead atoms. The second-order valence-electron chi connectivity index (χ2n) is 13.6. The third kappa shape index (κ3) is 5.43. The normalized spacial score (nSPS) is 37.9. The van der Waals surface area contributed by atoms with Crippen molar-refractivity contribution >= 4 is 11.7 Å². The van der Waals surface area contributed by atoms with Crippen LogP contribution in [0.2, 0.25) is 0 Å². The SMILES string of the molecule is O=C(NCCN1CCCC1)C1=CN2C3C(CCC4CCCCC43)OC3C(NCCCn4ccnc4)C(F)CC(C1=O)C32. The molecule has 1 aromatic heterocycles. The molecule has 4 heterocycles. The van der Waals surface area contributed by atoms with Gasteiger partial charge in [-0.2, -0.15) is 0 Å². The Morgan fingerprint density at radius 1 is 1.05 bits per heavy atom. The number of amides is 1. The molecule has 1 amide bonds. The van der Waals surface area contributed by atoms with Crippen LogP contribution in [0.5, 0.6) is 0 Å². The number of ether oxygens (including phenoxy) is 1. The summed E-state index contributed by atoms with van der Waals surface area (Å²) in [5.74, 6) is 0.0792. The van der Waals surface area contributed by atoms with E-state index in [0.717, 1.165) is 51.9 Å². The number of hydrogen-bond acceptors (Lipinski definition) is 7. The minimum absolute atomic E-state index is 0.00396. The van der Waals surface area contributed by atoms with Gasteiger partial charge >= 0.3 is 0 Å². The lowest BCUT2D eigenvalue weighted by molar-refractivity contribution is -0.215. The van der Waals surface area contributed by atoms with Crippen LogP contribution < -0.4 is 10.6 Å². The van der Waals surface area contributed by atoms with Gasteiger partial charge in [0.1, 0.15) is 6.17 Å². The van der Waals surface area contributed by atoms with Gasteiger partial charge in [0.25, 0.3) is 5.91 Å². The zero-order chi connectivity index (χ0) is 28.6. The van der Waals surface area contributed by atoms with Gasteiger partial charge < -0.3 is 29.7 Å². The van der Waals surface area contributed by atoms with Crippen LogP contribution >= 0.6 is 0 Å². The van der Waals surface area contributed by atoms with Gasteiger partial charge in [0.15, 0.2) is 5.78 Å². The molecule has 9 atom stereocenters. The molecule has 2 saturated heterocycles. The second-order valence-corrected chi connectivity index (χ2v) is 13.6. The highest BCUT2D eigenvalue weighted by atomic mass is 19.1. The fourth-order valence-electron chi connectivity index (χ4n) is 9.19. The van der Waals surface area contributed by atoms with Gasteiger partial charge in [-0.1, -0.05) is 19.3 Å². The Bertz CT molecular complexity index is 1140. The van der Waals surface area contributed by atoms with Crippen molar-refractivity contribution in [1.29, 1.82) is 0 Å². The van der Waals surface area contributed by atoms with Gasteiger partial charge in [-0.15, -0.1) is 0 Å². The number of likely N-dealkylation sites (tertiary alicyclic amines) is 1. The number of nitrogens with one attached hydrogen (secondary N) is 2. The number of aromatic nitrogens is 2. The molecule has 6 aliphatic rings. The number of Topliss-reactive ketones (excluding diaryl/α,β-unsaturated/α-hetero) is 1. The number of carbonyl (C=O) groups excluding carboxylic acids is 2. The largest absolute Gasteiger partial charge is 0.369 e. The van der Waals surface area contributed by atoms with Gasteiger partial charge in [0.2, 0.25) is 0 Å². The van der Waals surface area contributed by atoms with Crippen molar-refractivity contribution in [1.82, 2.24) is 30.0 Å². The Hall–Kier alpha value is -2.30. The number of carbonyl (C=O) groups is 2. The highest BCUT2D eigenvalue weighted by molar-refractivity contribution is 6.20. The maximum atomic E-state index is 16.0. The van der Waals surface area contributed by atoms with Gasteiger partial charge in [-0.25, -0.2) is 9.37 Å². The van der Waals surface area contributed by atoms with Crippen LogP contribution in [0.4, 0.5) is 4.39 Å². The molecule has 1 aromatic rings. The smallest absolute Gasteiger partial charge is 0.256 e. The zero-order valence-electron chi connectivity index (χ0n) is 24.7. The maximum absolute atomic E-state index is 16.0. The highest BCUT2D eigenvalue weighted by Crippen LogP contribution is 2.51. The molecule has 230 valence electrons. The molecular formula is C32H47FN6O3. The number of aryl methyl sites for hydroxylation is 1. The second kappa shape index (κ2) is 12.4. The van der Waals surface area contributed by atoms with Gasteiger partial charge in [0.05, 0.1) is 42.2 Å². The predicted molar refractivity (Wildman–Crippen MR) is 156 cm³/mol. The van der Waals surface area contributed by atoms with E-state index in [0.29, 0.717) is 24.9 Å². The summed E-state index contributed by atoms with van der Waals surface area (Å²) in [5, 5.41) is 6.53. The molecule has 2 N–H and O–H groups in total. The summed E-state index contributed by atoms with van der Waals surface area (Å²) in [6.45, 7) is 4.93. The number of halogens is 1. The van der Waals surface area contributed by atoms with E-state index < -0.39 is 24.2 Å². The Kier molecular flexibility index (Phi) is 8.38. The lowest BCUT2D eigenvalue weighted by Gasteiger charge is -2.62. The number of ketones is 1. The fourth-order valence-corrected chi connectivity index (χ4v) is 9.19. The van der Waals surface area contributed by atoms with Crippen molar-refractivity contribution in [2.75, 3.05) is 32.7 Å². The lowest BCUT2D eigenvalue weighted by Crippen LogP contribution is -2.74. The number of morpholine rings is 1. The first-order valence-electron chi connectivity index (χ1n) is 16.6. The molecule has 0 aromatic carbocycles. The molecule has 10 heteroatoms. The molecule has 3 aliphatic carbocycles. The number of fused-ring (bicyclic) bond motifs is 4. The Labute approximate surface area is 248 Å². The molecule has 0 spiro atoms. The van der Waals surface area contributed by atoms with Crippen LogP contribution in [-0.4, -0.2) is 100 Å². The molecule has 9 nitrogen and oxygen atoms in total. The van der Waals surface area contributed by atoms with Crippen LogP contribution in [0.15, 0.2) is 30.5 Å². The highest BCUT2D eigenvalue weighted by Gasteiger charge is 2.60. The first-order valence-corrected chi connectivity index (χ1v) is 16.6.